The molecule has 126 valence electrons. The van der Waals surface area contributed by atoms with Crippen LogP contribution < -0.4 is 5.32 Å². The number of rotatable bonds is 5. The first-order valence-electron chi connectivity index (χ1n) is 8.74. The lowest BCUT2D eigenvalue weighted by Crippen LogP contribution is -2.38. The summed E-state index contributed by atoms with van der Waals surface area (Å²) < 4.78 is 1.74. The molecule has 0 unspecified atom stereocenters. The van der Waals surface area contributed by atoms with Crippen molar-refractivity contribution in [1.82, 2.24) is 25.0 Å². The molecule has 1 aromatic carbocycles. The van der Waals surface area contributed by atoms with E-state index < -0.39 is 0 Å². The van der Waals surface area contributed by atoms with Crippen LogP contribution in [0.1, 0.15) is 30.9 Å². The van der Waals surface area contributed by atoms with E-state index in [1.807, 2.05) is 6.07 Å². The molecule has 2 aliphatic heterocycles. The highest BCUT2D eigenvalue weighted by atomic mass is 16.2. The highest BCUT2D eigenvalue weighted by Gasteiger charge is 2.46. The standard InChI is InChI=1S/C18H23N5O/c24-18(20-8-10-22-13-19-12-21-22)15-11-17(14-5-2-1-3-6-14)23-9-4-7-16(15)23/h1-3,5-6,12-13,15-17H,4,7-11H2,(H,20,24)/t15-,16+,17-/m0/s1. The van der Waals surface area contributed by atoms with Crippen molar-refractivity contribution in [2.24, 2.45) is 5.92 Å². The van der Waals surface area contributed by atoms with Crippen molar-refractivity contribution < 1.29 is 4.79 Å². The maximum Gasteiger partial charge on any atom is 0.224 e. The second kappa shape index (κ2) is 6.73. The summed E-state index contributed by atoms with van der Waals surface area (Å²) in [5, 5.41) is 7.15. The highest BCUT2D eigenvalue weighted by molar-refractivity contribution is 5.80. The van der Waals surface area contributed by atoms with Gasteiger partial charge in [0.15, 0.2) is 0 Å². The highest BCUT2D eigenvalue weighted by Crippen LogP contribution is 2.44. The van der Waals surface area contributed by atoms with Crippen molar-refractivity contribution >= 4 is 5.91 Å². The van der Waals surface area contributed by atoms with Crippen molar-refractivity contribution in [1.29, 1.82) is 0 Å². The van der Waals surface area contributed by atoms with E-state index in [9.17, 15) is 4.79 Å². The van der Waals surface area contributed by atoms with Crippen LogP contribution in [0, 0.1) is 5.92 Å². The quantitative estimate of drug-likeness (QED) is 0.907. The Bertz CT molecular complexity index is 672. The fourth-order valence-corrected chi connectivity index (χ4v) is 4.22. The third-order valence-electron chi connectivity index (χ3n) is 5.31. The normalized spacial score (nSPS) is 26.4. The van der Waals surface area contributed by atoms with Crippen LogP contribution in [0.4, 0.5) is 0 Å². The topological polar surface area (TPSA) is 63.1 Å². The van der Waals surface area contributed by atoms with Crippen molar-refractivity contribution in [2.45, 2.75) is 37.9 Å². The number of carbonyl (C=O) groups excluding carboxylic acids is 1. The van der Waals surface area contributed by atoms with Gasteiger partial charge in [0, 0.05) is 18.6 Å². The monoisotopic (exact) mass is 325 g/mol. The Morgan fingerprint density at radius 1 is 1.29 bits per heavy atom. The largest absolute Gasteiger partial charge is 0.354 e. The number of nitrogens with zero attached hydrogens (tertiary/aromatic N) is 4. The van der Waals surface area contributed by atoms with Crippen LogP contribution in [-0.4, -0.2) is 44.7 Å². The first-order chi connectivity index (χ1) is 11.8. The summed E-state index contributed by atoms with van der Waals surface area (Å²) in [6.07, 6.45) is 6.43. The first-order valence-corrected chi connectivity index (χ1v) is 8.74. The predicted molar refractivity (Wildman–Crippen MR) is 90.0 cm³/mol. The van der Waals surface area contributed by atoms with Crippen LogP contribution in [0.25, 0.3) is 0 Å². The van der Waals surface area contributed by atoms with Gasteiger partial charge in [-0.05, 0) is 31.4 Å². The Labute approximate surface area is 141 Å². The van der Waals surface area contributed by atoms with Crippen molar-refractivity contribution in [3.8, 4) is 0 Å². The van der Waals surface area contributed by atoms with Crippen molar-refractivity contribution in [3.63, 3.8) is 0 Å². The summed E-state index contributed by atoms with van der Waals surface area (Å²) in [6, 6.07) is 11.4. The number of amides is 1. The zero-order valence-electron chi connectivity index (χ0n) is 13.7. The molecule has 1 N–H and O–H groups in total. The second-order valence-corrected chi connectivity index (χ2v) is 6.67. The van der Waals surface area contributed by atoms with E-state index in [0.717, 1.165) is 19.4 Å². The molecule has 0 saturated carbocycles. The Kier molecular flexibility index (Phi) is 4.30. The van der Waals surface area contributed by atoms with E-state index in [0.29, 0.717) is 25.2 Å². The molecule has 3 atom stereocenters. The van der Waals surface area contributed by atoms with Crippen LogP contribution in [0.5, 0.6) is 0 Å². The molecule has 6 nitrogen and oxygen atoms in total. The second-order valence-electron chi connectivity index (χ2n) is 6.67. The summed E-state index contributed by atoms with van der Waals surface area (Å²) in [4.78, 5) is 19.2. The Morgan fingerprint density at radius 3 is 2.96 bits per heavy atom. The average molecular weight is 325 g/mol. The summed E-state index contributed by atoms with van der Waals surface area (Å²) >= 11 is 0. The molecule has 4 rings (SSSR count). The fourth-order valence-electron chi connectivity index (χ4n) is 4.22. The summed E-state index contributed by atoms with van der Waals surface area (Å²) in [6.45, 7) is 2.36. The SMILES string of the molecule is O=C(NCCn1cncn1)[C@H]1C[C@@H](c2ccccc2)N2CCC[C@H]12. The lowest BCUT2D eigenvalue weighted by atomic mass is 9.93. The van der Waals surface area contributed by atoms with Gasteiger partial charge in [-0.1, -0.05) is 30.3 Å². The molecule has 1 aromatic heterocycles. The molecular weight excluding hydrogens is 302 g/mol. The minimum absolute atomic E-state index is 0.0912. The molecule has 2 aromatic rings. The summed E-state index contributed by atoms with van der Waals surface area (Å²) in [5.41, 5.74) is 1.34. The van der Waals surface area contributed by atoms with Gasteiger partial charge in [-0.25, -0.2) is 4.98 Å². The van der Waals surface area contributed by atoms with Gasteiger partial charge in [0.1, 0.15) is 12.7 Å². The molecule has 0 bridgehead atoms. The maximum atomic E-state index is 12.7. The van der Waals surface area contributed by atoms with E-state index in [1.165, 1.54) is 18.3 Å². The molecular formula is C18H23N5O. The van der Waals surface area contributed by atoms with Gasteiger partial charge in [0.25, 0.3) is 0 Å². The number of nitrogens with one attached hydrogen (secondary N) is 1. The fraction of sp³-hybridized carbons (Fsp3) is 0.500. The zero-order valence-corrected chi connectivity index (χ0v) is 13.7. The Hall–Kier alpha value is -2.21. The van der Waals surface area contributed by atoms with Gasteiger partial charge < -0.3 is 5.32 Å². The van der Waals surface area contributed by atoms with E-state index in [2.05, 4.69) is 44.6 Å². The van der Waals surface area contributed by atoms with Crippen LogP contribution >= 0.6 is 0 Å². The molecule has 2 aliphatic rings. The lowest BCUT2D eigenvalue weighted by Gasteiger charge is -2.24. The van der Waals surface area contributed by atoms with E-state index >= 15 is 0 Å². The van der Waals surface area contributed by atoms with Gasteiger partial charge in [-0.2, -0.15) is 5.10 Å². The number of benzene rings is 1. The van der Waals surface area contributed by atoms with Crippen LogP contribution in [0.15, 0.2) is 43.0 Å². The molecule has 2 fully saturated rings. The van der Waals surface area contributed by atoms with Gasteiger partial charge in [0.05, 0.1) is 12.5 Å². The van der Waals surface area contributed by atoms with E-state index in [4.69, 9.17) is 0 Å². The van der Waals surface area contributed by atoms with Crippen molar-refractivity contribution in [3.05, 3.63) is 48.5 Å². The molecule has 1 amide bonds. The van der Waals surface area contributed by atoms with Gasteiger partial charge in [-0.15, -0.1) is 0 Å². The molecule has 3 heterocycles. The number of hydrogen-bond donors (Lipinski definition) is 1. The molecule has 0 radical (unpaired) electrons. The number of carbonyl (C=O) groups is 1. The molecule has 2 saturated heterocycles. The molecule has 0 spiro atoms. The minimum Gasteiger partial charge on any atom is -0.354 e. The molecule has 24 heavy (non-hydrogen) atoms. The van der Waals surface area contributed by atoms with Crippen LogP contribution in [0.2, 0.25) is 0 Å². The summed E-state index contributed by atoms with van der Waals surface area (Å²) in [7, 11) is 0. The van der Waals surface area contributed by atoms with Gasteiger partial charge >= 0.3 is 0 Å². The number of aromatic nitrogens is 3. The Balaban J connectivity index is 1.40. The van der Waals surface area contributed by atoms with E-state index in [-0.39, 0.29) is 11.8 Å². The summed E-state index contributed by atoms with van der Waals surface area (Å²) in [5.74, 6) is 0.277. The smallest absolute Gasteiger partial charge is 0.224 e. The molecule has 0 aliphatic carbocycles. The Morgan fingerprint density at radius 2 is 2.17 bits per heavy atom. The van der Waals surface area contributed by atoms with E-state index in [1.54, 1.807) is 11.0 Å². The average Bonchev–Trinajstić information content (AvgIpc) is 3.33. The predicted octanol–water partition coefficient (Wildman–Crippen LogP) is 1.62. The van der Waals surface area contributed by atoms with Crippen molar-refractivity contribution in [2.75, 3.05) is 13.1 Å². The first kappa shape index (κ1) is 15.3. The minimum atomic E-state index is 0.0912. The van der Waals surface area contributed by atoms with Gasteiger partial charge in [0.2, 0.25) is 5.91 Å². The molecule has 6 heteroatoms. The third kappa shape index (κ3) is 2.94. The van der Waals surface area contributed by atoms with Crippen LogP contribution in [-0.2, 0) is 11.3 Å². The maximum absolute atomic E-state index is 12.7. The zero-order chi connectivity index (χ0) is 16.4. The van der Waals surface area contributed by atoms with Crippen LogP contribution in [0.3, 0.4) is 0 Å². The lowest BCUT2D eigenvalue weighted by molar-refractivity contribution is -0.125. The van der Waals surface area contributed by atoms with Gasteiger partial charge in [-0.3, -0.25) is 14.4 Å². The number of hydrogen-bond acceptors (Lipinski definition) is 4. The number of fused-ring (bicyclic) bond motifs is 1. The third-order valence-corrected chi connectivity index (χ3v) is 5.31.